The van der Waals surface area contributed by atoms with Crippen molar-refractivity contribution in [2.45, 2.75) is 19.4 Å². The third-order valence-electron chi connectivity index (χ3n) is 3.99. The fraction of sp³-hybridized carbons (Fsp3) is 0.467. The SMILES string of the molecule is CCN1CCN(C(=O)Cc2cccs2)C[C@H]1c1ncc[nH]1. The predicted octanol–water partition coefficient (Wildman–Crippen LogP) is 1.92. The number of H-pyrrole nitrogens is 1. The fourth-order valence-corrected chi connectivity index (χ4v) is 3.51. The van der Waals surface area contributed by atoms with Crippen LogP contribution in [0.25, 0.3) is 0 Å². The molecular weight excluding hydrogens is 284 g/mol. The van der Waals surface area contributed by atoms with Crippen molar-refractivity contribution in [2.24, 2.45) is 0 Å². The molecule has 0 spiro atoms. The van der Waals surface area contributed by atoms with Crippen LogP contribution in [0.1, 0.15) is 23.7 Å². The number of amides is 1. The minimum atomic E-state index is 0.172. The minimum Gasteiger partial charge on any atom is -0.347 e. The second-order valence-corrected chi connectivity index (χ2v) is 6.25. The molecule has 1 aliphatic heterocycles. The van der Waals surface area contributed by atoms with Crippen molar-refractivity contribution in [3.63, 3.8) is 0 Å². The lowest BCUT2D eigenvalue weighted by Gasteiger charge is -2.40. The standard InChI is InChI=1S/C15H20N4OS/c1-2-18-7-8-19(11-13(18)15-16-5-6-17-15)14(20)10-12-4-3-9-21-12/h3-6,9,13H,2,7-8,10-11H2,1H3,(H,16,17)/t13-/m0/s1. The van der Waals surface area contributed by atoms with E-state index < -0.39 is 0 Å². The summed E-state index contributed by atoms with van der Waals surface area (Å²) < 4.78 is 0. The fourth-order valence-electron chi connectivity index (χ4n) is 2.82. The molecule has 1 N–H and O–H groups in total. The number of carbonyl (C=O) groups excluding carboxylic acids is 1. The predicted molar refractivity (Wildman–Crippen MR) is 83.2 cm³/mol. The van der Waals surface area contributed by atoms with Gasteiger partial charge in [-0.05, 0) is 18.0 Å². The van der Waals surface area contributed by atoms with Gasteiger partial charge in [0, 0.05) is 36.9 Å². The lowest BCUT2D eigenvalue weighted by molar-refractivity contribution is -0.133. The number of carbonyl (C=O) groups is 1. The van der Waals surface area contributed by atoms with E-state index in [2.05, 4.69) is 21.8 Å². The molecule has 0 bridgehead atoms. The lowest BCUT2D eigenvalue weighted by Crippen LogP contribution is -2.51. The summed E-state index contributed by atoms with van der Waals surface area (Å²) in [5, 5.41) is 2.02. The number of aromatic nitrogens is 2. The van der Waals surface area contributed by atoms with Gasteiger partial charge in [-0.25, -0.2) is 4.98 Å². The number of imidazole rings is 1. The van der Waals surface area contributed by atoms with Crippen molar-refractivity contribution in [1.29, 1.82) is 0 Å². The Morgan fingerprint density at radius 1 is 1.52 bits per heavy atom. The number of piperazine rings is 1. The molecule has 21 heavy (non-hydrogen) atoms. The quantitative estimate of drug-likeness (QED) is 0.939. The summed E-state index contributed by atoms with van der Waals surface area (Å²) in [5.41, 5.74) is 0. The first-order chi connectivity index (χ1) is 10.3. The summed E-state index contributed by atoms with van der Waals surface area (Å²) in [6, 6.07) is 4.19. The molecule has 6 heteroatoms. The van der Waals surface area contributed by atoms with Gasteiger partial charge in [0.05, 0.1) is 12.5 Å². The number of likely N-dealkylation sites (N-methyl/N-ethyl adjacent to an activating group) is 1. The van der Waals surface area contributed by atoms with Crippen LogP contribution >= 0.6 is 11.3 Å². The lowest BCUT2D eigenvalue weighted by atomic mass is 10.1. The average Bonchev–Trinajstić information content (AvgIpc) is 3.19. The molecule has 112 valence electrons. The number of hydrogen-bond acceptors (Lipinski definition) is 4. The van der Waals surface area contributed by atoms with Crippen LogP contribution in [0.15, 0.2) is 29.9 Å². The Hall–Kier alpha value is -1.66. The summed E-state index contributed by atoms with van der Waals surface area (Å²) in [7, 11) is 0. The highest BCUT2D eigenvalue weighted by Crippen LogP contribution is 2.23. The molecule has 0 aliphatic carbocycles. The van der Waals surface area contributed by atoms with Crippen LogP contribution < -0.4 is 0 Å². The van der Waals surface area contributed by atoms with E-state index in [0.717, 1.165) is 30.3 Å². The summed E-state index contributed by atoms with van der Waals surface area (Å²) in [4.78, 5) is 25.5. The van der Waals surface area contributed by atoms with Gasteiger partial charge in [-0.15, -0.1) is 11.3 Å². The van der Waals surface area contributed by atoms with Crippen molar-refractivity contribution in [2.75, 3.05) is 26.2 Å². The van der Waals surface area contributed by atoms with Crippen LogP contribution in [0.3, 0.4) is 0 Å². The molecule has 0 aromatic carbocycles. The molecule has 1 aliphatic rings. The topological polar surface area (TPSA) is 52.2 Å². The molecular formula is C15H20N4OS. The van der Waals surface area contributed by atoms with Crippen LogP contribution in [0.5, 0.6) is 0 Å². The van der Waals surface area contributed by atoms with Gasteiger partial charge in [-0.2, -0.15) is 0 Å². The zero-order valence-corrected chi connectivity index (χ0v) is 13.0. The summed E-state index contributed by atoms with van der Waals surface area (Å²) in [6.45, 7) is 5.54. The van der Waals surface area contributed by atoms with E-state index in [9.17, 15) is 4.79 Å². The van der Waals surface area contributed by atoms with E-state index in [1.807, 2.05) is 28.6 Å². The Kier molecular flexibility index (Phi) is 4.36. The van der Waals surface area contributed by atoms with Crippen LogP contribution in [0.2, 0.25) is 0 Å². The molecule has 5 nitrogen and oxygen atoms in total. The summed E-state index contributed by atoms with van der Waals surface area (Å²) in [6.07, 6.45) is 4.12. The van der Waals surface area contributed by atoms with Crippen molar-refractivity contribution < 1.29 is 4.79 Å². The van der Waals surface area contributed by atoms with Gasteiger partial charge in [0.25, 0.3) is 0 Å². The Morgan fingerprint density at radius 3 is 3.10 bits per heavy atom. The van der Waals surface area contributed by atoms with Gasteiger partial charge in [-0.1, -0.05) is 13.0 Å². The van der Waals surface area contributed by atoms with E-state index in [4.69, 9.17) is 0 Å². The van der Waals surface area contributed by atoms with Crippen LogP contribution in [0.4, 0.5) is 0 Å². The zero-order valence-electron chi connectivity index (χ0n) is 12.2. The normalized spacial score (nSPS) is 19.9. The van der Waals surface area contributed by atoms with E-state index in [1.165, 1.54) is 0 Å². The van der Waals surface area contributed by atoms with Crippen molar-refractivity contribution in [3.05, 3.63) is 40.6 Å². The van der Waals surface area contributed by atoms with Gasteiger partial charge < -0.3 is 9.88 Å². The minimum absolute atomic E-state index is 0.172. The number of rotatable bonds is 4. The van der Waals surface area contributed by atoms with Crippen LogP contribution in [0, 0.1) is 0 Å². The van der Waals surface area contributed by atoms with E-state index in [1.54, 1.807) is 17.5 Å². The number of nitrogens with one attached hydrogen (secondary N) is 1. The second-order valence-electron chi connectivity index (χ2n) is 5.21. The highest BCUT2D eigenvalue weighted by molar-refractivity contribution is 7.10. The molecule has 2 aromatic heterocycles. The highest BCUT2D eigenvalue weighted by Gasteiger charge is 2.31. The molecule has 1 atom stereocenters. The smallest absolute Gasteiger partial charge is 0.227 e. The van der Waals surface area contributed by atoms with Crippen LogP contribution in [-0.2, 0) is 11.2 Å². The first-order valence-electron chi connectivity index (χ1n) is 7.31. The Balaban J connectivity index is 1.69. The van der Waals surface area contributed by atoms with Crippen molar-refractivity contribution in [3.8, 4) is 0 Å². The maximum Gasteiger partial charge on any atom is 0.227 e. The third-order valence-corrected chi connectivity index (χ3v) is 4.87. The van der Waals surface area contributed by atoms with Crippen molar-refractivity contribution >= 4 is 17.2 Å². The highest BCUT2D eigenvalue weighted by atomic mass is 32.1. The van der Waals surface area contributed by atoms with Gasteiger partial charge in [0.2, 0.25) is 5.91 Å². The summed E-state index contributed by atoms with van der Waals surface area (Å²) >= 11 is 1.64. The molecule has 3 rings (SSSR count). The molecule has 0 radical (unpaired) electrons. The van der Waals surface area contributed by atoms with Gasteiger partial charge >= 0.3 is 0 Å². The number of aromatic amines is 1. The molecule has 1 amide bonds. The first kappa shape index (κ1) is 14.3. The molecule has 2 aromatic rings. The van der Waals surface area contributed by atoms with E-state index in [0.29, 0.717) is 13.0 Å². The van der Waals surface area contributed by atoms with E-state index in [-0.39, 0.29) is 11.9 Å². The molecule has 1 saturated heterocycles. The largest absolute Gasteiger partial charge is 0.347 e. The van der Waals surface area contributed by atoms with E-state index >= 15 is 0 Å². The third kappa shape index (κ3) is 3.16. The zero-order chi connectivity index (χ0) is 14.7. The molecule has 0 unspecified atom stereocenters. The van der Waals surface area contributed by atoms with Gasteiger partial charge in [-0.3, -0.25) is 9.69 Å². The maximum atomic E-state index is 12.5. The number of nitrogens with zero attached hydrogens (tertiary/aromatic N) is 3. The Bertz CT molecular complexity index is 567. The number of thiophene rings is 1. The molecule has 0 saturated carbocycles. The molecule has 3 heterocycles. The maximum absolute atomic E-state index is 12.5. The second kappa shape index (κ2) is 6.41. The van der Waals surface area contributed by atoms with Gasteiger partial charge in [0.15, 0.2) is 0 Å². The van der Waals surface area contributed by atoms with Crippen molar-refractivity contribution in [1.82, 2.24) is 19.8 Å². The first-order valence-corrected chi connectivity index (χ1v) is 8.19. The summed E-state index contributed by atoms with van der Waals surface area (Å²) in [5.74, 6) is 1.16. The number of hydrogen-bond donors (Lipinski definition) is 1. The average molecular weight is 304 g/mol. The van der Waals surface area contributed by atoms with Crippen LogP contribution in [-0.4, -0.2) is 51.9 Å². The monoisotopic (exact) mass is 304 g/mol. The molecule has 1 fully saturated rings. The Labute approximate surface area is 128 Å². The Morgan fingerprint density at radius 2 is 2.43 bits per heavy atom. The van der Waals surface area contributed by atoms with Gasteiger partial charge in [0.1, 0.15) is 5.82 Å².